The minimum Gasteiger partial charge on any atom is -0.349 e. The monoisotopic (exact) mass is 336 g/mol. The number of carbonyl (C=O) groups is 2. The van der Waals surface area contributed by atoms with E-state index < -0.39 is 0 Å². The van der Waals surface area contributed by atoms with Crippen molar-refractivity contribution in [1.82, 2.24) is 14.3 Å². The van der Waals surface area contributed by atoms with E-state index >= 15 is 0 Å². The Morgan fingerprint density at radius 2 is 1.84 bits per heavy atom. The number of benzene rings is 1. The van der Waals surface area contributed by atoms with E-state index in [1.54, 1.807) is 37.3 Å². The highest BCUT2D eigenvalue weighted by Gasteiger charge is 2.12. The number of hydrogen-bond acceptors (Lipinski definition) is 3. The van der Waals surface area contributed by atoms with E-state index in [-0.39, 0.29) is 11.8 Å². The number of imidazole rings is 1. The summed E-state index contributed by atoms with van der Waals surface area (Å²) >= 11 is 0. The summed E-state index contributed by atoms with van der Waals surface area (Å²) in [4.78, 5) is 30.0. The SMILES string of the molecule is Cc1cccc2nc(C(=O)Nc3ccc(CC(=O)N(C)C)cc3)cn12. The summed E-state index contributed by atoms with van der Waals surface area (Å²) in [7, 11) is 3.46. The molecule has 25 heavy (non-hydrogen) atoms. The number of aromatic nitrogens is 2. The molecule has 3 aromatic rings. The lowest BCUT2D eigenvalue weighted by molar-refractivity contribution is -0.127. The Labute approximate surface area is 146 Å². The van der Waals surface area contributed by atoms with Crippen LogP contribution in [0.15, 0.2) is 48.7 Å². The Morgan fingerprint density at radius 3 is 2.48 bits per heavy atom. The van der Waals surface area contributed by atoms with Crippen molar-refractivity contribution in [2.45, 2.75) is 13.3 Å². The lowest BCUT2D eigenvalue weighted by Crippen LogP contribution is -2.23. The third kappa shape index (κ3) is 3.68. The fraction of sp³-hybridized carbons (Fsp3) is 0.211. The molecule has 1 aromatic carbocycles. The number of hydrogen-bond donors (Lipinski definition) is 1. The third-order valence-electron chi connectivity index (χ3n) is 3.99. The zero-order chi connectivity index (χ0) is 18.0. The Bertz CT molecular complexity index is 926. The van der Waals surface area contributed by atoms with E-state index in [9.17, 15) is 9.59 Å². The van der Waals surface area contributed by atoms with Crippen molar-refractivity contribution in [1.29, 1.82) is 0 Å². The van der Waals surface area contributed by atoms with Crippen molar-refractivity contribution in [3.05, 3.63) is 65.6 Å². The van der Waals surface area contributed by atoms with Crippen LogP contribution in [0.25, 0.3) is 5.65 Å². The molecule has 0 fully saturated rings. The van der Waals surface area contributed by atoms with Gasteiger partial charge in [-0.3, -0.25) is 9.59 Å². The van der Waals surface area contributed by atoms with Crippen molar-refractivity contribution in [2.75, 3.05) is 19.4 Å². The second kappa shape index (κ2) is 6.76. The van der Waals surface area contributed by atoms with Crippen LogP contribution in [0, 0.1) is 6.92 Å². The number of nitrogens with one attached hydrogen (secondary N) is 1. The number of carbonyl (C=O) groups excluding carboxylic acids is 2. The van der Waals surface area contributed by atoms with Gasteiger partial charge >= 0.3 is 0 Å². The molecule has 0 bridgehead atoms. The highest BCUT2D eigenvalue weighted by Crippen LogP contribution is 2.13. The second-order valence-electron chi connectivity index (χ2n) is 6.14. The lowest BCUT2D eigenvalue weighted by Gasteiger charge is -2.10. The molecule has 0 unspecified atom stereocenters. The summed E-state index contributed by atoms with van der Waals surface area (Å²) in [5.74, 6) is -0.225. The minimum absolute atomic E-state index is 0.0388. The van der Waals surface area contributed by atoms with Gasteiger partial charge in [0, 0.05) is 31.7 Å². The van der Waals surface area contributed by atoms with Crippen LogP contribution in [0.5, 0.6) is 0 Å². The number of likely N-dealkylation sites (N-methyl/N-ethyl adjacent to an activating group) is 1. The van der Waals surface area contributed by atoms with Crippen LogP contribution in [0.1, 0.15) is 21.7 Å². The van der Waals surface area contributed by atoms with E-state index in [0.29, 0.717) is 17.8 Å². The molecule has 0 aliphatic carbocycles. The number of amides is 2. The molecule has 0 spiro atoms. The van der Waals surface area contributed by atoms with Gasteiger partial charge in [-0.15, -0.1) is 0 Å². The predicted octanol–water partition coefficient (Wildman–Crippen LogP) is 2.53. The van der Waals surface area contributed by atoms with Gasteiger partial charge in [-0.2, -0.15) is 0 Å². The molecule has 1 N–H and O–H groups in total. The maximum Gasteiger partial charge on any atom is 0.275 e. The molecule has 6 heteroatoms. The van der Waals surface area contributed by atoms with Gasteiger partial charge in [0.15, 0.2) is 0 Å². The third-order valence-corrected chi connectivity index (χ3v) is 3.99. The quantitative estimate of drug-likeness (QED) is 0.796. The summed E-state index contributed by atoms with van der Waals surface area (Å²) < 4.78 is 1.88. The molecule has 2 heterocycles. The molecular formula is C19H20N4O2. The van der Waals surface area contributed by atoms with Gasteiger partial charge < -0.3 is 14.6 Å². The van der Waals surface area contributed by atoms with Crippen molar-refractivity contribution in [3.63, 3.8) is 0 Å². The largest absolute Gasteiger partial charge is 0.349 e. The van der Waals surface area contributed by atoms with E-state index in [1.807, 2.05) is 41.7 Å². The van der Waals surface area contributed by atoms with Crippen LogP contribution in [0.2, 0.25) is 0 Å². The normalized spacial score (nSPS) is 10.7. The summed E-state index contributed by atoms with van der Waals surface area (Å²) in [6, 6.07) is 13.0. The summed E-state index contributed by atoms with van der Waals surface area (Å²) in [5.41, 5.74) is 3.68. The molecule has 3 rings (SSSR count). The van der Waals surface area contributed by atoms with Crippen molar-refractivity contribution >= 4 is 23.1 Å². The van der Waals surface area contributed by atoms with Gasteiger partial charge in [-0.25, -0.2) is 4.98 Å². The van der Waals surface area contributed by atoms with Crippen molar-refractivity contribution in [2.24, 2.45) is 0 Å². The number of fused-ring (bicyclic) bond motifs is 1. The van der Waals surface area contributed by atoms with Gasteiger partial charge in [0.2, 0.25) is 5.91 Å². The minimum atomic E-state index is -0.264. The zero-order valence-electron chi connectivity index (χ0n) is 14.5. The van der Waals surface area contributed by atoms with Gasteiger partial charge in [0.05, 0.1) is 6.42 Å². The number of rotatable bonds is 4. The number of anilines is 1. The molecule has 6 nitrogen and oxygen atoms in total. The first kappa shape index (κ1) is 16.7. The standard InChI is InChI=1S/C19H20N4O2/c1-13-5-4-6-17-21-16(12-23(13)17)19(25)20-15-9-7-14(8-10-15)11-18(24)22(2)3/h4-10,12H,11H2,1-3H3,(H,20,25). The van der Waals surface area contributed by atoms with E-state index in [0.717, 1.165) is 16.9 Å². The Balaban J connectivity index is 1.72. The van der Waals surface area contributed by atoms with Crippen LogP contribution in [-0.2, 0) is 11.2 Å². The smallest absolute Gasteiger partial charge is 0.275 e. The first-order chi connectivity index (χ1) is 11.9. The van der Waals surface area contributed by atoms with Crippen LogP contribution in [0.3, 0.4) is 0 Å². The summed E-state index contributed by atoms with van der Waals surface area (Å²) in [6.45, 7) is 1.96. The van der Waals surface area contributed by atoms with E-state index in [4.69, 9.17) is 0 Å². The molecular weight excluding hydrogens is 316 g/mol. The number of pyridine rings is 1. The molecule has 0 aliphatic rings. The fourth-order valence-corrected chi connectivity index (χ4v) is 2.49. The van der Waals surface area contributed by atoms with Crippen LogP contribution in [0.4, 0.5) is 5.69 Å². The second-order valence-corrected chi connectivity index (χ2v) is 6.14. The molecule has 0 saturated heterocycles. The number of aryl methyl sites for hydroxylation is 1. The summed E-state index contributed by atoms with van der Waals surface area (Å²) in [5, 5.41) is 2.83. The molecule has 2 amide bonds. The van der Waals surface area contributed by atoms with Crippen LogP contribution < -0.4 is 5.32 Å². The zero-order valence-corrected chi connectivity index (χ0v) is 14.5. The Hall–Kier alpha value is -3.15. The molecule has 2 aromatic heterocycles. The maximum absolute atomic E-state index is 12.4. The molecule has 0 radical (unpaired) electrons. The average molecular weight is 336 g/mol. The maximum atomic E-state index is 12.4. The fourth-order valence-electron chi connectivity index (χ4n) is 2.49. The molecule has 0 atom stereocenters. The Morgan fingerprint density at radius 1 is 1.12 bits per heavy atom. The average Bonchev–Trinajstić information content (AvgIpc) is 3.02. The van der Waals surface area contributed by atoms with Crippen molar-refractivity contribution in [3.8, 4) is 0 Å². The van der Waals surface area contributed by atoms with Crippen molar-refractivity contribution < 1.29 is 9.59 Å². The van der Waals surface area contributed by atoms with Gasteiger partial charge in [-0.1, -0.05) is 18.2 Å². The highest BCUT2D eigenvalue weighted by atomic mass is 16.2. The molecule has 128 valence electrons. The van der Waals surface area contributed by atoms with Gasteiger partial charge in [0.25, 0.3) is 5.91 Å². The topological polar surface area (TPSA) is 66.7 Å². The first-order valence-electron chi connectivity index (χ1n) is 7.99. The van der Waals surface area contributed by atoms with Gasteiger partial charge in [0.1, 0.15) is 11.3 Å². The highest BCUT2D eigenvalue weighted by molar-refractivity contribution is 6.03. The number of nitrogens with zero attached hydrogens (tertiary/aromatic N) is 3. The predicted molar refractivity (Wildman–Crippen MR) is 96.7 cm³/mol. The van der Waals surface area contributed by atoms with Crippen LogP contribution >= 0.6 is 0 Å². The molecule has 0 aliphatic heterocycles. The van der Waals surface area contributed by atoms with Crippen LogP contribution in [-0.4, -0.2) is 40.2 Å². The van der Waals surface area contributed by atoms with E-state index in [1.165, 1.54) is 0 Å². The van der Waals surface area contributed by atoms with Gasteiger partial charge in [-0.05, 0) is 36.8 Å². The summed E-state index contributed by atoms with van der Waals surface area (Å²) in [6.07, 6.45) is 2.07. The molecule has 0 saturated carbocycles. The first-order valence-corrected chi connectivity index (χ1v) is 7.99. The lowest BCUT2D eigenvalue weighted by atomic mass is 10.1. The Kier molecular flexibility index (Phi) is 4.52. The van der Waals surface area contributed by atoms with E-state index in [2.05, 4.69) is 10.3 Å².